The lowest BCUT2D eigenvalue weighted by atomic mass is 9.98. The zero-order chi connectivity index (χ0) is 20.3. The molecular weight excluding hydrogens is 366 g/mol. The van der Waals surface area contributed by atoms with E-state index in [0.29, 0.717) is 11.3 Å². The third kappa shape index (κ3) is 3.58. The van der Waals surface area contributed by atoms with Crippen LogP contribution in [-0.2, 0) is 28.5 Å². The maximum atomic E-state index is 13.0. The average molecular weight is 391 g/mol. The van der Waals surface area contributed by atoms with E-state index in [1.54, 1.807) is 52.0 Å². The summed E-state index contributed by atoms with van der Waals surface area (Å²) >= 11 is 0. The van der Waals surface area contributed by atoms with E-state index in [1.807, 2.05) is 0 Å². The third-order valence-corrected chi connectivity index (χ3v) is 4.95. The maximum absolute atomic E-state index is 13.0. The maximum Gasteiger partial charge on any atom is 0.256 e. The fraction of sp³-hybridized carbons (Fsp3) is 0.600. The number of hydrogen-bond acceptors (Lipinski definition) is 7. The molecule has 0 spiro atoms. The molecule has 0 unspecified atom stereocenters. The van der Waals surface area contributed by atoms with E-state index in [9.17, 15) is 9.59 Å². The van der Waals surface area contributed by atoms with Crippen LogP contribution in [0, 0.1) is 0 Å². The SMILES string of the molecule is CC(=O)c1cccc(NC(=O)[C@H]2O[C@H]3OC(C)(C)O[C@@H]3[C@H]3OC(C)(C)O[C@@H]32)c1. The number of amides is 1. The molecule has 3 aliphatic heterocycles. The van der Waals surface area contributed by atoms with Crippen LogP contribution < -0.4 is 5.32 Å². The Morgan fingerprint density at radius 3 is 2.29 bits per heavy atom. The van der Waals surface area contributed by atoms with E-state index in [4.69, 9.17) is 23.7 Å². The number of benzene rings is 1. The number of ether oxygens (including phenoxy) is 5. The van der Waals surface area contributed by atoms with Crippen molar-refractivity contribution >= 4 is 17.4 Å². The second kappa shape index (κ2) is 6.60. The van der Waals surface area contributed by atoms with Gasteiger partial charge in [-0.3, -0.25) is 9.59 Å². The number of carbonyl (C=O) groups is 2. The zero-order valence-corrected chi connectivity index (χ0v) is 16.6. The van der Waals surface area contributed by atoms with Crippen molar-refractivity contribution < 1.29 is 33.3 Å². The lowest BCUT2D eigenvalue weighted by Crippen LogP contribution is -2.58. The van der Waals surface area contributed by atoms with Crippen LogP contribution in [0.2, 0.25) is 0 Å². The topological polar surface area (TPSA) is 92.3 Å². The first kappa shape index (κ1) is 19.5. The van der Waals surface area contributed by atoms with Gasteiger partial charge in [-0.15, -0.1) is 0 Å². The minimum absolute atomic E-state index is 0.0825. The highest BCUT2D eigenvalue weighted by atomic mass is 16.9. The normalized spacial score (nSPS) is 35.1. The van der Waals surface area contributed by atoms with Crippen molar-refractivity contribution in [1.82, 2.24) is 0 Å². The van der Waals surface area contributed by atoms with Gasteiger partial charge in [0.05, 0.1) is 0 Å². The summed E-state index contributed by atoms with van der Waals surface area (Å²) in [7, 11) is 0. The predicted molar refractivity (Wildman–Crippen MR) is 97.6 cm³/mol. The van der Waals surface area contributed by atoms with Crippen LogP contribution in [0.15, 0.2) is 24.3 Å². The Morgan fingerprint density at radius 1 is 0.929 bits per heavy atom. The van der Waals surface area contributed by atoms with E-state index < -0.39 is 48.2 Å². The van der Waals surface area contributed by atoms with Crippen LogP contribution in [-0.4, -0.2) is 54.0 Å². The molecule has 152 valence electrons. The van der Waals surface area contributed by atoms with Crippen molar-refractivity contribution in [2.24, 2.45) is 0 Å². The van der Waals surface area contributed by atoms with Crippen molar-refractivity contribution in [2.45, 2.75) is 76.9 Å². The number of ketones is 1. The molecule has 0 saturated carbocycles. The molecule has 28 heavy (non-hydrogen) atoms. The Bertz CT molecular complexity index is 805. The Morgan fingerprint density at radius 2 is 1.57 bits per heavy atom. The number of fused-ring (bicyclic) bond motifs is 3. The van der Waals surface area contributed by atoms with Crippen LogP contribution in [0.4, 0.5) is 5.69 Å². The molecule has 5 atom stereocenters. The average Bonchev–Trinajstić information content (AvgIpc) is 3.08. The predicted octanol–water partition coefficient (Wildman–Crippen LogP) is 2.22. The van der Waals surface area contributed by atoms with Crippen LogP contribution in [0.25, 0.3) is 0 Å². The molecule has 0 aliphatic carbocycles. The van der Waals surface area contributed by atoms with Gasteiger partial charge in [-0.25, -0.2) is 0 Å². The number of Topliss-reactive ketones (excluding diaryl/α,β-unsaturated/α-hetero) is 1. The molecule has 1 aromatic rings. The fourth-order valence-corrected chi connectivity index (χ4v) is 3.85. The van der Waals surface area contributed by atoms with Gasteiger partial charge in [0.15, 0.2) is 29.8 Å². The van der Waals surface area contributed by atoms with Gasteiger partial charge in [-0.1, -0.05) is 12.1 Å². The number of hydrogen-bond donors (Lipinski definition) is 1. The van der Waals surface area contributed by atoms with Gasteiger partial charge < -0.3 is 29.0 Å². The first-order chi connectivity index (χ1) is 13.0. The van der Waals surface area contributed by atoms with Crippen molar-refractivity contribution in [2.75, 3.05) is 5.32 Å². The van der Waals surface area contributed by atoms with Crippen molar-refractivity contribution in [3.8, 4) is 0 Å². The molecule has 4 rings (SSSR count). The second-order valence-corrected chi connectivity index (χ2v) is 8.22. The largest absolute Gasteiger partial charge is 0.342 e. The summed E-state index contributed by atoms with van der Waals surface area (Å²) in [5.41, 5.74) is 1.01. The Kier molecular flexibility index (Phi) is 4.59. The van der Waals surface area contributed by atoms with Gasteiger partial charge in [-0.05, 0) is 46.8 Å². The molecule has 0 radical (unpaired) electrons. The van der Waals surface area contributed by atoms with Crippen LogP contribution in [0.3, 0.4) is 0 Å². The number of rotatable bonds is 3. The molecule has 3 fully saturated rings. The lowest BCUT2D eigenvalue weighted by Gasteiger charge is -2.36. The van der Waals surface area contributed by atoms with Crippen molar-refractivity contribution in [3.05, 3.63) is 29.8 Å². The third-order valence-electron chi connectivity index (χ3n) is 4.95. The summed E-state index contributed by atoms with van der Waals surface area (Å²) in [6, 6.07) is 6.73. The van der Waals surface area contributed by atoms with Gasteiger partial charge in [0, 0.05) is 11.3 Å². The van der Waals surface area contributed by atoms with E-state index in [2.05, 4.69) is 5.32 Å². The fourth-order valence-electron chi connectivity index (χ4n) is 3.85. The molecule has 8 heteroatoms. The standard InChI is InChI=1S/C20H25NO7/c1-10(22)11-7-6-8-12(9-11)21-17(23)15-13-14(26-19(2,3)25-13)16-18(24-15)28-20(4,5)27-16/h6-9,13-16,18H,1-5H3,(H,21,23)/t13-,14-,15-,16+,18-/m0/s1. The monoisotopic (exact) mass is 391 g/mol. The van der Waals surface area contributed by atoms with Crippen molar-refractivity contribution in [1.29, 1.82) is 0 Å². The molecule has 1 N–H and O–H groups in total. The highest BCUT2D eigenvalue weighted by Gasteiger charge is 2.62. The minimum Gasteiger partial charge on any atom is -0.342 e. The van der Waals surface area contributed by atoms with Gasteiger partial charge >= 0.3 is 0 Å². The molecule has 1 aromatic carbocycles. The summed E-state index contributed by atoms with van der Waals surface area (Å²) in [6.45, 7) is 8.61. The van der Waals surface area contributed by atoms with Gasteiger partial charge in [0.1, 0.15) is 18.3 Å². The van der Waals surface area contributed by atoms with Crippen molar-refractivity contribution in [3.63, 3.8) is 0 Å². The quantitative estimate of drug-likeness (QED) is 0.790. The number of carbonyl (C=O) groups excluding carboxylic acids is 2. The van der Waals surface area contributed by atoms with Crippen LogP contribution in [0.1, 0.15) is 45.0 Å². The van der Waals surface area contributed by atoms with Crippen LogP contribution >= 0.6 is 0 Å². The molecule has 3 heterocycles. The van der Waals surface area contributed by atoms with E-state index in [-0.39, 0.29) is 5.78 Å². The number of anilines is 1. The van der Waals surface area contributed by atoms with Gasteiger partial charge in [0.25, 0.3) is 5.91 Å². The van der Waals surface area contributed by atoms with Crippen LogP contribution in [0.5, 0.6) is 0 Å². The Balaban J connectivity index is 1.57. The first-order valence-electron chi connectivity index (χ1n) is 9.33. The molecular formula is C20H25NO7. The molecule has 0 bridgehead atoms. The summed E-state index contributed by atoms with van der Waals surface area (Å²) < 4.78 is 29.6. The molecule has 0 aromatic heterocycles. The Hall–Kier alpha value is -1.84. The lowest BCUT2D eigenvalue weighted by molar-refractivity contribution is -0.229. The molecule has 3 aliphatic rings. The van der Waals surface area contributed by atoms with E-state index >= 15 is 0 Å². The summed E-state index contributed by atoms with van der Waals surface area (Å²) in [4.78, 5) is 24.6. The Labute approximate surface area is 163 Å². The summed E-state index contributed by atoms with van der Waals surface area (Å²) in [5.74, 6) is -2.21. The smallest absolute Gasteiger partial charge is 0.256 e. The molecule has 3 saturated heterocycles. The van der Waals surface area contributed by atoms with Gasteiger partial charge in [-0.2, -0.15) is 0 Å². The second-order valence-electron chi connectivity index (χ2n) is 8.22. The highest BCUT2D eigenvalue weighted by Crippen LogP contribution is 2.44. The minimum atomic E-state index is -0.952. The van der Waals surface area contributed by atoms with E-state index in [1.165, 1.54) is 6.92 Å². The van der Waals surface area contributed by atoms with Gasteiger partial charge in [0.2, 0.25) is 0 Å². The zero-order valence-electron chi connectivity index (χ0n) is 16.6. The molecule has 1 amide bonds. The first-order valence-corrected chi connectivity index (χ1v) is 9.33. The highest BCUT2D eigenvalue weighted by molar-refractivity contribution is 5.98. The summed E-state index contributed by atoms with van der Waals surface area (Å²) in [6.07, 6.45) is -3.34. The summed E-state index contributed by atoms with van der Waals surface area (Å²) in [5, 5.41) is 2.80. The number of nitrogens with one attached hydrogen (secondary N) is 1. The molecule has 8 nitrogen and oxygen atoms in total. The van der Waals surface area contributed by atoms with E-state index in [0.717, 1.165) is 0 Å².